The molecule has 27 heavy (non-hydrogen) atoms. The maximum absolute atomic E-state index is 12.9. The van der Waals surface area contributed by atoms with Crippen molar-refractivity contribution in [3.8, 4) is 0 Å². The van der Waals surface area contributed by atoms with Gasteiger partial charge in [-0.3, -0.25) is 4.79 Å². The number of rotatable bonds is 5. The molecule has 1 aliphatic heterocycles. The molecule has 0 spiro atoms. The number of benzene rings is 2. The second-order valence-electron chi connectivity index (χ2n) is 6.61. The van der Waals surface area contributed by atoms with Gasteiger partial charge in [0.25, 0.3) is 0 Å². The van der Waals surface area contributed by atoms with Gasteiger partial charge in [0.05, 0.1) is 17.0 Å². The third-order valence-electron chi connectivity index (χ3n) is 4.65. The van der Waals surface area contributed by atoms with Crippen molar-refractivity contribution in [1.82, 2.24) is 9.73 Å². The number of amides is 1. The van der Waals surface area contributed by atoms with E-state index in [0.29, 0.717) is 29.8 Å². The van der Waals surface area contributed by atoms with Crippen LogP contribution in [0.3, 0.4) is 0 Å². The first kappa shape index (κ1) is 19.3. The molecule has 2 aromatic rings. The highest BCUT2D eigenvalue weighted by molar-refractivity contribution is 7.89. The van der Waals surface area contributed by atoms with Crippen LogP contribution in [0.5, 0.6) is 0 Å². The van der Waals surface area contributed by atoms with Crippen LogP contribution in [0.15, 0.2) is 64.6 Å². The highest BCUT2D eigenvalue weighted by atomic mass is 32.2. The van der Waals surface area contributed by atoms with Crippen LogP contribution in [0.1, 0.15) is 24.0 Å². The molecule has 1 aliphatic rings. The fraction of sp³-hybridized carbons (Fsp3) is 0.300. The fourth-order valence-electron chi connectivity index (χ4n) is 3.16. The molecule has 0 bridgehead atoms. The molecule has 0 aliphatic carbocycles. The Kier molecular flexibility index (Phi) is 6.03. The molecule has 0 saturated carbocycles. The van der Waals surface area contributed by atoms with E-state index in [-0.39, 0.29) is 12.5 Å². The number of hydrazone groups is 1. The number of carbonyl (C=O) groups is 1. The van der Waals surface area contributed by atoms with Gasteiger partial charge in [-0.25, -0.2) is 13.8 Å². The van der Waals surface area contributed by atoms with Crippen molar-refractivity contribution in [1.29, 1.82) is 0 Å². The van der Waals surface area contributed by atoms with Gasteiger partial charge in [0.2, 0.25) is 15.9 Å². The van der Waals surface area contributed by atoms with Crippen LogP contribution in [0, 0.1) is 12.8 Å². The second kappa shape index (κ2) is 8.45. The molecule has 1 saturated heterocycles. The van der Waals surface area contributed by atoms with E-state index < -0.39 is 15.9 Å². The lowest BCUT2D eigenvalue weighted by molar-refractivity contribution is -0.126. The summed E-state index contributed by atoms with van der Waals surface area (Å²) in [5.74, 6) is -0.669. The van der Waals surface area contributed by atoms with E-state index in [1.807, 2.05) is 36.4 Å². The number of sulfonamides is 1. The van der Waals surface area contributed by atoms with E-state index in [4.69, 9.17) is 0 Å². The van der Waals surface area contributed by atoms with Gasteiger partial charge < -0.3 is 0 Å². The summed E-state index contributed by atoms with van der Waals surface area (Å²) in [5, 5.41) is 3.98. The topological polar surface area (TPSA) is 78.8 Å². The summed E-state index contributed by atoms with van der Waals surface area (Å²) in [5.41, 5.74) is 4.12. The lowest BCUT2D eigenvalue weighted by Crippen LogP contribution is -2.44. The third kappa shape index (κ3) is 4.61. The Morgan fingerprint density at radius 3 is 2.59 bits per heavy atom. The predicted octanol–water partition coefficient (Wildman–Crippen LogP) is 2.55. The summed E-state index contributed by atoms with van der Waals surface area (Å²) >= 11 is 0. The first-order chi connectivity index (χ1) is 13.0. The van der Waals surface area contributed by atoms with E-state index in [2.05, 4.69) is 10.5 Å². The highest BCUT2D eigenvalue weighted by Gasteiger charge is 2.33. The molecule has 0 aromatic heterocycles. The number of nitrogens with zero attached hydrogens (tertiary/aromatic N) is 2. The number of piperidine rings is 1. The monoisotopic (exact) mass is 385 g/mol. The van der Waals surface area contributed by atoms with E-state index >= 15 is 0 Å². The van der Waals surface area contributed by atoms with Crippen LogP contribution in [0.25, 0.3) is 0 Å². The predicted molar refractivity (Wildman–Crippen MR) is 105 cm³/mol. The van der Waals surface area contributed by atoms with Crippen molar-refractivity contribution in [3.63, 3.8) is 0 Å². The number of carbonyl (C=O) groups excluding carboxylic acids is 1. The minimum atomic E-state index is -3.61. The lowest BCUT2D eigenvalue weighted by atomic mass is 9.99. The molecule has 3 rings (SSSR count). The summed E-state index contributed by atoms with van der Waals surface area (Å²) in [4.78, 5) is 12.7. The zero-order chi connectivity index (χ0) is 19.3. The standard InChI is InChI=1S/C20H23N3O3S/c1-16-8-5-6-12-19(16)27(25,26)23-13-7-11-18(15-23)20(24)22-21-14-17-9-3-2-4-10-17/h2-6,8-10,12,14,18H,7,11,13,15H2,1H3,(H,22,24). The van der Waals surface area contributed by atoms with Gasteiger partial charge in [0.15, 0.2) is 0 Å². The summed E-state index contributed by atoms with van der Waals surface area (Å²) < 4.78 is 27.3. The Morgan fingerprint density at radius 2 is 1.85 bits per heavy atom. The number of hydrogen-bond acceptors (Lipinski definition) is 4. The maximum atomic E-state index is 12.9. The zero-order valence-electron chi connectivity index (χ0n) is 15.2. The summed E-state index contributed by atoms with van der Waals surface area (Å²) in [6.45, 7) is 2.37. The van der Waals surface area contributed by atoms with E-state index in [9.17, 15) is 13.2 Å². The molecular weight excluding hydrogens is 362 g/mol. The highest BCUT2D eigenvalue weighted by Crippen LogP contribution is 2.25. The normalized spacial score (nSPS) is 18.5. The SMILES string of the molecule is Cc1ccccc1S(=O)(=O)N1CCCC(C(=O)NN=Cc2ccccc2)C1. The zero-order valence-corrected chi connectivity index (χ0v) is 16.0. The third-order valence-corrected chi connectivity index (χ3v) is 6.68. The van der Waals surface area contributed by atoms with E-state index in [0.717, 1.165) is 5.56 Å². The molecule has 142 valence electrons. The number of aryl methyl sites for hydroxylation is 1. The molecule has 1 fully saturated rings. The second-order valence-corrected chi connectivity index (χ2v) is 8.52. The first-order valence-corrected chi connectivity index (χ1v) is 10.4. The molecule has 1 atom stereocenters. The quantitative estimate of drug-likeness (QED) is 0.635. The van der Waals surface area contributed by atoms with Gasteiger partial charge in [-0.15, -0.1) is 0 Å². The Hall–Kier alpha value is -2.51. The minimum Gasteiger partial charge on any atom is -0.273 e. The minimum absolute atomic E-state index is 0.170. The Balaban J connectivity index is 1.66. The fourth-order valence-corrected chi connectivity index (χ4v) is 4.91. The Morgan fingerprint density at radius 1 is 1.15 bits per heavy atom. The van der Waals surface area contributed by atoms with Crippen LogP contribution < -0.4 is 5.43 Å². The van der Waals surface area contributed by atoms with E-state index in [1.54, 1.807) is 31.3 Å². The lowest BCUT2D eigenvalue weighted by Gasteiger charge is -2.31. The molecule has 1 N–H and O–H groups in total. The molecule has 6 nitrogen and oxygen atoms in total. The molecule has 2 aromatic carbocycles. The van der Waals surface area contributed by atoms with Crippen LogP contribution >= 0.6 is 0 Å². The van der Waals surface area contributed by atoms with Crippen LogP contribution in [0.4, 0.5) is 0 Å². The molecule has 0 radical (unpaired) electrons. The molecule has 7 heteroatoms. The largest absolute Gasteiger partial charge is 0.273 e. The molecule has 1 unspecified atom stereocenters. The summed E-state index contributed by atoms with van der Waals surface area (Å²) in [6, 6.07) is 16.4. The van der Waals surface area contributed by atoms with Gasteiger partial charge in [0, 0.05) is 13.1 Å². The van der Waals surface area contributed by atoms with Crippen molar-refractivity contribution in [3.05, 3.63) is 65.7 Å². The van der Waals surface area contributed by atoms with Crippen molar-refractivity contribution < 1.29 is 13.2 Å². The van der Waals surface area contributed by atoms with Crippen LogP contribution in [-0.2, 0) is 14.8 Å². The van der Waals surface area contributed by atoms with Crippen molar-refractivity contribution >= 4 is 22.1 Å². The molecule has 1 heterocycles. The summed E-state index contributed by atoms with van der Waals surface area (Å²) in [7, 11) is -3.61. The average molecular weight is 385 g/mol. The van der Waals surface area contributed by atoms with Gasteiger partial charge >= 0.3 is 0 Å². The first-order valence-electron chi connectivity index (χ1n) is 8.92. The van der Waals surface area contributed by atoms with E-state index in [1.165, 1.54) is 4.31 Å². The molecule has 1 amide bonds. The average Bonchev–Trinajstić information content (AvgIpc) is 2.69. The van der Waals surface area contributed by atoms with Gasteiger partial charge in [-0.2, -0.15) is 9.41 Å². The maximum Gasteiger partial charge on any atom is 0.244 e. The summed E-state index contributed by atoms with van der Waals surface area (Å²) in [6.07, 6.45) is 2.86. The Bertz CT molecular complexity index is 926. The van der Waals surface area contributed by atoms with Gasteiger partial charge in [-0.1, -0.05) is 48.5 Å². The number of hydrogen-bond donors (Lipinski definition) is 1. The Labute approximate surface area is 159 Å². The molecular formula is C20H23N3O3S. The smallest absolute Gasteiger partial charge is 0.244 e. The van der Waals surface area contributed by atoms with Crippen molar-refractivity contribution in [2.45, 2.75) is 24.7 Å². The van der Waals surface area contributed by atoms with Gasteiger partial charge in [0.1, 0.15) is 0 Å². The van der Waals surface area contributed by atoms with Crippen molar-refractivity contribution in [2.24, 2.45) is 11.0 Å². The van der Waals surface area contributed by atoms with Crippen LogP contribution in [0.2, 0.25) is 0 Å². The van der Waals surface area contributed by atoms with Crippen LogP contribution in [-0.4, -0.2) is 37.9 Å². The number of nitrogens with one attached hydrogen (secondary N) is 1. The van der Waals surface area contributed by atoms with Gasteiger partial charge in [-0.05, 0) is 37.0 Å². The van der Waals surface area contributed by atoms with Crippen molar-refractivity contribution in [2.75, 3.05) is 13.1 Å².